The zero-order chi connectivity index (χ0) is 9.10. The molecule has 1 aliphatic rings. The van der Waals surface area contributed by atoms with Crippen molar-refractivity contribution in [3.8, 4) is 5.88 Å². The van der Waals surface area contributed by atoms with E-state index in [4.69, 9.17) is 21.1 Å². The minimum atomic E-state index is 0.135. The molecule has 0 aromatic carbocycles. The van der Waals surface area contributed by atoms with Crippen molar-refractivity contribution in [3.63, 3.8) is 0 Å². The standard InChI is InChI=1S/C8H9ClN2O2/c9-3-6-1-2-8(11-10-6)13-7-4-12-5-7/h1-2,7H,3-5H2. The van der Waals surface area contributed by atoms with E-state index < -0.39 is 0 Å². The van der Waals surface area contributed by atoms with Crippen molar-refractivity contribution >= 4 is 11.6 Å². The van der Waals surface area contributed by atoms with Gasteiger partial charge in [0.25, 0.3) is 0 Å². The zero-order valence-corrected chi connectivity index (χ0v) is 7.70. The molecule has 0 radical (unpaired) electrons. The molecule has 1 aromatic rings. The Bertz CT molecular complexity index is 274. The van der Waals surface area contributed by atoms with Crippen molar-refractivity contribution in [1.82, 2.24) is 10.2 Å². The van der Waals surface area contributed by atoms with Crippen LogP contribution in [-0.2, 0) is 10.6 Å². The number of hydrogen-bond acceptors (Lipinski definition) is 4. The number of alkyl halides is 1. The van der Waals surface area contributed by atoms with Crippen LogP contribution in [0.5, 0.6) is 5.88 Å². The van der Waals surface area contributed by atoms with E-state index in [1.807, 2.05) is 0 Å². The van der Waals surface area contributed by atoms with Gasteiger partial charge in [-0.3, -0.25) is 0 Å². The fourth-order valence-electron chi connectivity index (χ4n) is 0.935. The number of hydrogen-bond donors (Lipinski definition) is 0. The lowest BCUT2D eigenvalue weighted by atomic mass is 10.3. The fraction of sp³-hybridized carbons (Fsp3) is 0.500. The van der Waals surface area contributed by atoms with E-state index in [0.29, 0.717) is 25.0 Å². The third kappa shape index (κ3) is 2.08. The lowest BCUT2D eigenvalue weighted by Crippen LogP contribution is -2.38. The van der Waals surface area contributed by atoms with Gasteiger partial charge in [0.15, 0.2) is 0 Å². The lowest BCUT2D eigenvalue weighted by molar-refractivity contribution is -0.0816. The molecule has 1 fully saturated rings. The van der Waals surface area contributed by atoms with Gasteiger partial charge in [0.05, 0.1) is 24.8 Å². The normalized spacial score (nSPS) is 16.7. The summed E-state index contributed by atoms with van der Waals surface area (Å²) in [6.45, 7) is 1.28. The molecule has 0 spiro atoms. The number of aromatic nitrogens is 2. The van der Waals surface area contributed by atoms with Gasteiger partial charge in [-0.15, -0.1) is 16.7 Å². The van der Waals surface area contributed by atoms with E-state index in [9.17, 15) is 0 Å². The molecule has 1 aliphatic heterocycles. The highest BCUT2D eigenvalue weighted by atomic mass is 35.5. The second kappa shape index (κ2) is 3.89. The molecule has 0 unspecified atom stereocenters. The van der Waals surface area contributed by atoms with E-state index in [2.05, 4.69) is 10.2 Å². The van der Waals surface area contributed by atoms with Gasteiger partial charge in [-0.25, -0.2) is 0 Å². The molecule has 0 bridgehead atoms. The Morgan fingerprint density at radius 2 is 2.31 bits per heavy atom. The summed E-state index contributed by atoms with van der Waals surface area (Å²) in [5.41, 5.74) is 0.749. The van der Waals surface area contributed by atoms with Crippen LogP contribution in [0.1, 0.15) is 5.69 Å². The minimum Gasteiger partial charge on any atom is -0.468 e. The van der Waals surface area contributed by atoms with Crippen LogP contribution in [0, 0.1) is 0 Å². The van der Waals surface area contributed by atoms with Gasteiger partial charge in [-0.1, -0.05) is 0 Å². The Kier molecular flexibility index (Phi) is 2.61. The molecule has 13 heavy (non-hydrogen) atoms. The van der Waals surface area contributed by atoms with Gasteiger partial charge in [0.1, 0.15) is 6.10 Å². The summed E-state index contributed by atoms with van der Waals surface area (Å²) in [5.74, 6) is 0.905. The molecule has 0 atom stereocenters. The largest absolute Gasteiger partial charge is 0.468 e. The van der Waals surface area contributed by atoms with Crippen LogP contribution in [-0.4, -0.2) is 29.5 Å². The summed E-state index contributed by atoms with van der Waals surface area (Å²) in [6, 6.07) is 3.57. The van der Waals surface area contributed by atoms with Crippen molar-refractivity contribution in [1.29, 1.82) is 0 Å². The molecule has 1 aromatic heterocycles. The van der Waals surface area contributed by atoms with E-state index >= 15 is 0 Å². The Morgan fingerprint density at radius 1 is 1.46 bits per heavy atom. The van der Waals surface area contributed by atoms with Gasteiger partial charge >= 0.3 is 0 Å². The summed E-state index contributed by atoms with van der Waals surface area (Å²) < 4.78 is 10.4. The second-order valence-electron chi connectivity index (χ2n) is 2.77. The highest BCUT2D eigenvalue weighted by Gasteiger charge is 2.20. The first-order valence-electron chi connectivity index (χ1n) is 4.01. The van der Waals surface area contributed by atoms with Crippen molar-refractivity contribution in [2.75, 3.05) is 13.2 Å². The quantitative estimate of drug-likeness (QED) is 0.683. The molecule has 0 N–H and O–H groups in total. The smallest absolute Gasteiger partial charge is 0.233 e. The maximum Gasteiger partial charge on any atom is 0.233 e. The first-order valence-corrected chi connectivity index (χ1v) is 4.55. The molecule has 0 aliphatic carbocycles. The Hall–Kier alpha value is -0.870. The summed E-state index contributed by atoms with van der Waals surface area (Å²) in [6.07, 6.45) is 0.135. The maximum atomic E-state index is 5.56. The average molecular weight is 201 g/mol. The molecule has 4 nitrogen and oxygen atoms in total. The maximum absolute atomic E-state index is 5.56. The third-order valence-corrected chi connectivity index (χ3v) is 2.00. The zero-order valence-electron chi connectivity index (χ0n) is 6.94. The Morgan fingerprint density at radius 3 is 2.77 bits per heavy atom. The Balaban J connectivity index is 1.96. The van der Waals surface area contributed by atoms with Gasteiger partial charge in [-0.05, 0) is 6.07 Å². The van der Waals surface area contributed by atoms with Crippen LogP contribution in [0.25, 0.3) is 0 Å². The molecule has 2 heterocycles. The van der Waals surface area contributed by atoms with Crippen LogP contribution < -0.4 is 4.74 Å². The highest BCUT2D eigenvalue weighted by molar-refractivity contribution is 6.16. The predicted molar refractivity (Wildman–Crippen MR) is 46.8 cm³/mol. The third-order valence-electron chi connectivity index (χ3n) is 1.73. The molecule has 2 rings (SSSR count). The second-order valence-corrected chi connectivity index (χ2v) is 3.04. The SMILES string of the molecule is ClCc1ccc(OC2COC2)nn1. The van der Waals surface area contributed by atoms with Crippen molar-refractivity contribution in [2.45, 2.75) is 12.0 Å². The van der Waals surface area contributed by atoms with Crippen LogP contribution in [0.4, 0.5) is 0 Å². The molecule has 5 heteroatoms. The molecular formula is C8H9ClN2O2. The van der Waals surface area contributed by atoms with Crippen LogP contribution in [0.2, 0.25) is 0 Å². The molecule has 1 saturated heterocycles. The van der Waals surface area contributed by atoms with E-state index in [1.165, 1.54) is 0 Å². The Labute approximate surface area is 80.8 Å². The molecule has 0 amide bonds. The summed E-state index contributed by atoms with van der Waals surface area (Å²) >= 11 is 5.56. The van der Waals surface area contributed by atoms with Crippen molar-refractivity contribution < 1.29 is 9.47 Å². The number of halogens is 1. The minimum absolute atomic E-state index is 0.135. The average Bonchev–Trinajstić information content (AvgIpc) is 2.12. The van der Waals surface area contributed by atoms with Gasteiger partial charge < -0.3 is 9.47 Å². The van der Waals surface area contributed by atoms with Crippen LogP contribution in [0.3, 0.4) is 0 Å². The van der Waals surface area contributed by atoms with E-state index in [0.717, 1.165) is 5.69 Å². The van der Waals surface area contributed by atoms with Gasteiger partial charge in [0, 0.05) is 6.07 Å². The number of nitrogens with zero attached hydrogens (tertiary/aromatic N) is 2. The molecule has 70 valence electrons. The predicted octanol–water partition coefficient (Wildman–Crippen LogP) is 0.993. The molecular weight excluding hydrogens is 192 g/mol. The van der Waals surface area contributed by atoms with Crippen LogP contribution in [0.15, 0.2) is 12.1 Å². The van der Waals surface area contributed by atoms with E-state index in [-0.39, 0.29) is 6.10 Å². The first kappa shape index (κ1) is 8.72. The van der Waals surface area contributed by atoms with Gasteiger partial charge in [-0.2, -0.15) is 5.10 Å². The van der Waals surface area contributed by atoms with Crippen molar-refractivity contribution in [2.24, 2.45) is 0 Å². The fourth-order valence-corrected chi connectivity index (χ4v) is 1.08. The lowest BCUT2D eigenvalue weighted by Gasteiger charge is -2.25. The van der Waals surface area contributed by atoms with E-state index in [1.54, 1.807) is 12.1 Å². The van der Waals surface area contributed by atoms with Crippen molar-refractivity contribution in [3.05, 3.63) is 17.8 Å². The highest BCUT2D eigenvalue weighted by Crippen LogP contribution is 2.12. The van der Waals surface area contributed by atoms with Crippen LogP contribution >= 0.6 is 11.6 Å². The number of rotatable bonds is 3. The number of ether oxygens (including phenoxy) is 2. The topological polar surface area (TPSA) is 44.2 Å². The summed E-state index contributed by atoms with van der Waals surface area (Å²) in [4.78, 5) is 0. The summed E-state index contributed by atoms with van der Waals surface area (Å²) in [7, 11) is 0. The summed E-state index contributed by atoms with van der Waals surface area (Å²) in [5, 5.41) is 7.72. The monoisotopic (exact) mass is 200 g/mol. The molecule has 0 saturated carbocycles. The first-order chi connectivity index (χ1) is 6.38. The van der Waals surface area contributed by atoms with Gasteiger partial charge in [0.2, 0.25) is 5.88 Å².